The third-order valence-electron chi connectivity index (χ3n) is 5.07. The lowest BCUT2D eigenvalue weighted by Gasteiger charge is -2.38. The summed E-state index contributed by atoms with van der Waals surface area (Å²) in [6, 6.07) is 6.17. The molecule has 0 bridgehead atoms. The molecule has 4 heteroatoms. The zero-order chi connectivity index (χ0) is 19.3. The van der Waals surface area contributed by atoms with E-state index in [1.165, 1.54) is 11.1 Å². The molecule has 144 valence electrons. The van der Waals surface area contributed by atoms with Crippen LogP contribution in [-0.2, 0) is 11.3 Å². The zero-order valence-electron chi connectivity index (χ0n) is 16.5. The van der Waals surface area contributed by atoms with Gasteiger partial charge in [0.2, 0.25) is 0 Å². The fourth-order valence-electron chi connectivity index (χ4n) is 3.29. The molecule has 1 aromatic carbocycles. The first-order valence-corrected chi connectivity index (χ1v) is 9.79. The summed E-state index contributed by atoms with van der Waals surface area (Å²) in [5, 5.41) is 11.7. The van der Waals surface area contributed by atoms with Crippen molar-refractivity contribution in [1.82, 2.24) is 4.90 Å². The molecule has 1 aliphatic heterocycles. The van der Waals surface area contributed by atoms with E-state index in [0.717, 1.165) is 36.0 Å². The molecule has 0 spiro atoms. The number of aryl methyl sites for hydroxylation is 1. The quantitative estimate of drug-likeness (QED) is 0.529. The Morgan fingerprint density at radius 3 is 2.54 bits per heavy atom. The molecule has 0 atom stereocenters. The smallest absolute Gasteiger partial charge is 0.118 e. The third kappa shape index (κ3) is 5.87. The molecule has 1 fully saturated rings. The van der Waals surface area contributed by atoms with E-state index in [4.69, 9.17) is 16.3 Å². The molecule has 0 aliphatic carbocycles. The lowest BCUT2D eigenvalue weighted by molar-refractivity contribution is -0.0680. The Balaban J connectivity index is 1.87. The number of piperidine rings is 1. The Bertz CT molecular complexity index is 638. The third-order valence-corrected chi connectivity index (χ3v) is 5.29. The highest BCUT2D eigenvalue weighted by Crippen LogP contribution is 2.27. The van der Waals surface area contributed by atoms with Crippen LogP contribution in [0.1, 0.15) is 44.7 Å². The number of hydrogen-bond donors (Lipinski definition) is 1. The molecule has 3 nitrogen and oxygen atoms in total. The Labute approximate surface area is 163 Å². The summed E-state index contributed by atoms with van der Waals surface area (Å²) in [5.74, 6) is 1.13. The summed E-state index contributed by atoms with van der Waals surface area (Å²) in [4.78, 5) is 2.36. The van der Waals surface area contributed by atoms with Crippen molar-refractivity contribution in [3.8, 4) is 0 Å². The van der Waals surface area contributed by atoms with Gasteiger partial charge in [0, 0.05) is 24.7 Å². The van der Waals surface area contributed by atoms with Crippen LogP contribution in [-0.4, -0.2) is 35.3 Å². The molecule has 0 saturated carbocycles. The molecule has 1 aromatic rings. The molecule has 1 saturated heterocycles. The van der Waals surface area contributed by atoms with Crippen molar-refractivity contribution in [3.05, 3.63) is 58.3 Å². The van der Waals surface area contributed by atoms with E-state index in [-0.39, 0.29) is 0 Å². The summed E-state index contributed by atoms with van der Waals surface area (Å²) < 4.78 is 5.92. The highest BCUT2D eigenvalue weighted by atomic mass is 35.5. The number of hydrogen-bond acceptors (Lipinski definition) is 3. The van der Waals surface area contributed by atoms with Gasteiger partial charge in [-0.05, 0) is 67.5 Å². The maximum absolute atomic E-state index is 10.9. The molecule has 26 heavy (non-hydrogen) atoms. The van der Waals surface area contributed by atoms with Crippen LogP contribution >= 0.6 is 11.6 Å². The fraction of sp³-hybridized carbons (Fsp3) is 0.545. The monoisotopic (exact) mass is 377 g/mol. The van der Waals surface area contributed by atoms with E-state index in [9.17, 15) is 5.11 Å². The van der Waals surface area contributed by atoms with E-state index >= 15 is 0 Å². The van der Waals surface area contributed by atoms with Gasteiger partial charge < -0.3 is 9.84 Å². The number of ether oxygens (including phenoxy) is 1. The Morgan fingerprint density at radius 1 is 1.35 bits per heavy atom. The van der Waals surface area contributed by atoms with Crippen LogP contribution in [0.4, 0.5) is 0 Å². The van der Waals surface area contributed by atoms with Gasteiger partial charge in [-0.3, -0.25) is 4.90 Å². The van der Waals surface area contributed by atoms with Crippen LogP contribution in [0.2, 0.25) is 5.02 Å². The first-order chi connectivity index (χ1) is 12.2. The van der Waals surface area contributed by atoms with E-state index in [1.54, 1.807) is 0 Å². The number of allylic oxidation sites excluding steroid dienone is 2. The molecule has 1 aliphatic rings. The van der Waals surface area contributed by atoms with Gasteiger partial charge in [-0.2, -0.15) is 0 Å². The van der Waals surface area contributed by atoms with Gasteiger partial charge in [0.25, 0.3) is 0 Å². The average Bonchev–Trinajstić information content (AvgIpc) is 2.56. The number of likely N-dealkylation sites (tertiary alicyclic amines) is 1. The van der Waals surface area contributed by atoms with E-state index in [0.29, 0.717) is 25.4 Å². The van der Waals surface area contributed by atoms with Crippen molar-refractivity contribution in [2.45, 2.75) is 52.7 Å². The predicted octanol–water partition coefficient (Wildman–Crippen LogP) is 5.11. The highest BCUT2D eigenvalue weighted by molar-refractivity contribution is 6.30. The number of nitrogens with zero attached hydrogens (tertiary/aromatic N) is 1. The topological polar surface area (TPSA) is 32.7 Å². The number of benzene rings is 1. The van der Waals surface area contributed by atoms with Gasteiger partial charge in [-0.15, -0.1) is 0 Å². The van der Waals surface area contributed by atoms with Gasteiger partial charge in [0.15, 0.2) is 0 Å². The van der Waals surface area contributed by atoms with Crippen molar-refractivity contribution in [2.75, 3.05) is 19.7 Å². The second kappa shape index (κ2) is 9.07. The van der Waals surface area contributed by atoms with Crippen molar-refractivity contribution >= 4 is 11.6 Å². The van der Waals surface area contributed by atoms with Gasteiger partial charge in [0.05, 0.1) is 0 Å². The SMILES string of the molecule is C=C(/C(=C\C)OCC1(O)CCN(Cc2cc(C)cc(Cl)c2)CC1)C(C)C. The van der Waals surface area contributed by atoms with Crippen molar-refractivity contribution < 1.29 is 9.84 Å². The largest absolute Gasteiger partial charge is 0.491 e. The lowest BCUT2D eigenvalue weighted by Crippen LogP contribution is -2.46. The Morgan fingerprint density at radius 2 is 2.00 bits per heavy atom. The summed E-state index contributed by atoms with van der Waals surface area (Å²) in [6.07, 6.45) is 3.34. The molecule has 0 radical (unpaired) electrons. The first kappa shape index (κ1) is 21.0. The van der Waals surface area contributed by atoms with Crippen molar-refractivity contribution in [1.29, 1.82) is 0 Å². The second-order valence-corrected chi connectivity index (χ2v) is 8.20. The maximum Gasteiger partial charge on any atom is 0.118 e. The molecule has 0 amide bonds. The number of aliphatic hydroxyl groups is 1. The Hall–Kier alpha value is -1.29. The molecular weight excluding hydrogens is 346 g/mol. The minimum atomic E-state index is -0.772. The van der Waals surface area contributed by atoms with Crippen LogP contribution in [0.25, 0.3) is 0 Å². The highest BCUT2D eigenvalue weighted by Gasteiger charge is 2.33. The fourth-order valence-corrected chi connectivity index (χ4v) is 3.60. The van der Waals surface area contributed by atoms with Gasteiger partial charge in [0.1, 0.15) is 18.0 Å². The van der Waals surface area contributed by atoms with E-state index < -0.39 is 5.60 Å². The summed E-state index contributed by atoms with van der Waals surface area (Å²) in [5.41, 5.74) is 2.61. The van der Waals surface area contributed by atoms with Crippen molar-refractivity contribution in [2.24, 2.45) is 5.92 Å². The molecular formula is C22H32ClNO2. The molecule has 2 rings (SSSR count). The lowest BCUT2D eigenvalue weighted by atomic mass is 9.92. The minimum Gasteiger partial charge on any atom is -0.491 e. The predicted molar refractivity (Wildman–Crippen MR) is 109 cm³/mol. The van der Waals surface area contributed by atoms with E-state index in [2.05, 4.69) is 38.3 Å². The minimum absolute atomic E-state index is 0.322. The summed E-state index contributed by atoms with van der Waals surface area (Å²) in [7, 11) is 0. The van der Waals surface area contributed by atoms with Gasteiger partial charge in [-0.1, -0.05) is 38.1 Å². The summed E-state index contributed by atoms with van der Waals surface area (Å²) in [6.45, 7) is 15.2. The van der Waals surface area contributed by atoms with Crippen LogP contribution < -0.4 is 0 Å². The second-order valence-electron chi connectivity index (χ2n) is 7.76. The van der Waals surface area contributed by atoms with Crippen molar-refractivity contribution in [3.63, 3.8) is 0 Å². The number of halogens is 1. The van der Waals surface area contributed by atoms with Crippen LogP contribution in [0.15, 0.2) is 42.2 Å². The summed E-state index contributed by atoms with van der Waals surface area (Å²) >= 11 is 6.16. The van der Waals surface area contributed by atoms with Crippen LogP contribution in [0.3, 0.4) is 0 Å². The van der Waals surface area contributed by atoms with Gasteiger partial charge >= 0.3 is 0 Å². The normalized spacial score (nSPS) is 18.2. The van der Waals surface area contributed by atoms with E-state index in [1.807, 2.05) is 25.1 Å². The zero-order valence-corrected chi connectivity index (χ0v) is 17.3. The first-order valence-electron chi connectivity index (χ1n) is 9.41. The number of rotatable bonds is 7. The maximum atomic E-state index is 10.9. The Kier molecular flexibility index (Phi) is 7.33. The van der Waals surface area contributed by atoms with Crippen LogP contribution in [0, 0.1) is 12.8 Å². The van der Waals surface area contributed by atoms with Crippen LogP contribution in [0.5, 0.6) is 0 Å². The molecule has 1 N–H and O–H groups in total. The van der Waals surface area contributed by atoms with Gasteiger partial charge in [-0.25, -0.2) is 0 Å². The molecule has 1 heterocycles. The molecule has 0 aromatic heterocycles. The standard InChI is InChI=1S/C22H32ClNO2/c1-6-21(18(5)16(2)3)26-15-22(25)7-9-24(10-8-22)14-19-11-17(4)12-20(23)13-19/h6,11-13,16,25H,5,7-10,14-15H2,1-4H3/b21-6+. The average molecular weight is 378 g/mol. The molecule has 0 unspecified atom stereocenters.